The molecule has 0 spiro atoms. The largest absolute Gasteiger partial charge is 0.467 e. The number of methoxy groups -OCH3 is 1. The number of carbonyl (C=O) groups excluding carboxylic acids is 1. The molecule has 8 nitrogen and oxygen atoms in total. The number of hydrogen-bond donors (Lipinski definition) is 1. The molecule has 0 bridgehead atoms. The highest BCUT2D eigenvalue weighted by Crippen LogP contribution is 2.28. The summed E-state index contributed by atoms with van der Waals surface area (Å²) in [7, 11) is -2.47. The Morgan fingerprint density at radius 2 is 2.00 bits per heavy atom. The summed E-state index contributed by atoms with van der Waals surface area (Å²) < 4.78 is 27.9. The molecular weight excluding hydrogens is 324 g/mol. The Morgan fingerprint density at radius 3 is 2.43 bits per heavy atom. The quantitative estimate of drug-likeness (QED) is 0.457. The van der Waals surface area contributed by atoms with Gasteiger partial charge in [-0.25, -0.2) is 13.2 Å². The van der Waals surface area contributed by atoms with Gasteiger partial charge >= 0.3 is 5.97 Å². The fourth-order valence-electron chi connectivity index (χ4n) is 2.09. The third kappa shape index (κ3) is 5.20. The number of ether oxygens (including phenoxy) is 1. The van der Waals surface area contributed by atoms with Crippen LogP contribution in [0.15, 0.2) is 23.1 Å². The molecule has 0 amide bonds. The minimum atomic E-state index is -3.72. The maximum Gasteiger partial charge on any atom is 0.328 e. The van der Waals surface area contributed by atoms with Crippen LogP contribution in [-0.2, 0) is 19.4 Å². The highest BCUT2D eigenvalue weighted by Gasteiger charge is 2.25. The second-order valence-electron chi connectivity index (χ2n) is 5.56. The first-order valence-corrected chi connectivity index (χ1v) is 8.78. The van der Waals surface area contributed by atoms with Crippen molar-refractivity contribution >= 4 is 27.2 Å². The van der Waals surface area contributed by atoms with Crippen LogP contribution in [-0.4, -0.2) is 38.7 Å². The second kappa shape index (κ2) is 7.40. The number of esters is 1. The molecule has 0 aromatic heterocycles. The van der Waals surface area contributed by atoms with Crippen molar-refractivity contribution in [2.24, 2.45) is 5.92 Å². The molecule has 0 aliphatic heterocycles. The summed E-state index contributed by atoms with van der Waals surface area (Å²) in [4.78, 5) is 21.7. The van der Waals surface area contributed by atoms with Crippen molar-refractivity contribution in [3.05, 3.63) is 28.3 Å². The molecule has 0 saturated heterocycles. The maximum atomic E-state index is 11.8. The molecule has 128 valence electrons. The number of benzene rings is 1. The molecule has 0 fully saturated rings. The summed E-state index contributed by atoms with van der Waals surface area (Å²) >= 11 is 0. The minimum Gasteiger partial charge on any atom is -0.467 e. The number of nitrogens with zero attached hydrogens (tertiary/aromatic N) is 1. The molecule has 9 heteroatoms. The van der Waals surface area contributed by atoms with Crippen LogP contribution in [0.3, 0.4) is 0 Å². The minimum absolute atomic E-state index is 0.192. The topological polar surface area (TPSA) is 116 Å². The lowest BCUT2D eigenvalue weighted by Gasteiger charge is -2.19. The van der Waals surface area contributed by atoms with Crippen LogP contribution in [0.25, 0.3) is 0 Å². The van der Waals surface area contributed by atoms with Crippen LogP contribution in [0.2, 0.25) is 0 Å². The number of nitro benzene ring substituents is 1. The van der Waals surface area contributed by atoms with Gasteiger partial charge in [-0.3, -0.25) is 10.1 Å². The van der Waals surface area contributed by atoms with E-state index in [-0.39, 0.29) is 16.5 Å². The number of sulfone groups is 1. The smallest absolute Gasteiger partial charge is 0.328 e. The molecule has 0 saturated carbocycles. The Hall–Kier alpha value is -2.16. The van der Waals surface area contributed by atoms with Gasteiger partial charge in [0.15, 0.2) is 9.84 Å². The first kappa shape index (κ1) is 18.9. The first-order chi connectivity index (χ1) is 10.6. The van der Waals surface area contributed by atoms with E-state index in [1.807, 2.05) is 13.8 Å². The van der Waals surface area contributed by atoms with E-state index < -0.39 is 32.5 Å². The van der Waals surface area contributed by atoms with E-state index in [0.717, 1.165) is 18.4 Å². The van der Waals surface area contributed by atoms with Crippen molar-refractivity contribution in [3.8, 4) is 0 Å². The molecule has 1 aromatic carbocycles. The van der Waals surface area contributed by atoms with E-state index in [0.29, 0.717) is 6.42 Å². The number of anilines is 1. The van der Waals surface area contributed by atoms with Gasteiger partial charge in [-0.2, -0.15) is 0 Å². The van der Waals surface area contributed by atoms with E-state index in [1.165, 1.54) is 13.2 Å². The molecule has 0 radical (unpaired) electrons. The zero-order valence-electron chi connectivity index (χ0n) is 13.4. The van der Waals surface area contributed by atoms with E-state index in [9.17, 15) is 23.3 Å². The van der Waals surface area contributed by atoms with E-state index in [4.69, 9.17) is 4.74 Å². The Labute approximate surface area is 134 Å². The lowest BCUT2D eigenvalue weighted by atomic mass is 10.0. The SMILES string of the molecule is COC(=O)[C@@H](CC(C)C)Nc1ccc(S(C)(=O)=O)c([N+](=O)[O-])c1. The predicted octanol–water partition coefficient (Wildman–Crippen LogP) is 2.00. The summed E-state index contributed by atoms with van der Waals surface area (Å²) in [6.45, 7) is 3.85. The van der Waals surface area contributed by atoms with E-state index >= 15 is 0 Å². The monoisotopic (exact) mass is 344 g/mol. The van der Waals surface area contributed by atoms with Crippen LogP contribution >= 0.6 is 0 Å². The molecule has 0 unspecified atom stereocenters. The van der Waals surface area contributed by atoms with Gasteiger partial charge in [0.2, 0.25) is 0 Å². The van der Waals surface area contributed by atoms with Crippen LogP contribution in [0.1, 0.15) is 20.3 Å². The fourth-order valence-corrected chi connectivity index (χ4v) is 2.92. The lowest BCUT2D eigenvalue weighted by molar-refractivity contribution is -0.387. The molecule has 0 heterocycles. The summed E-state index contributed by atoms with van der Waals surface area (Å²) in [5, 5.41) is 14.0. The number of carbonyl (C=O) groups is 1. The first-order valence-electron chi connectivity index (χ1n) is 6.89. The van der Waals surface area contributed by atoms with E-state index in [2.05, 4.69) is 5.32 Å². The molecule has 0 aliphatic rings. The van der Waals surface area contributed by atoms with Crippen molar-refractivity contribution in [1.82, 2.24) is 0 Å². The average molecular weight is 344 g/mol. The molecule has 1 atom stereocenters. The number of rotatable bonds is 7. The van der Waals surface area contributed by atoms with Crippen LogP contribution in [0.4, 0.5) is 11.4 Å². The van der Waals surface area contributed by atoms with Crippen molar-refractivity contribution in [2.45, 2.75) is 31.2 Å². The predicted molar refractivity (Wildman–Crippen MR) is 85.1 cm³/mol. The second-order valence-corrected chi connectivity index (χ2v) is 7.55. The highest BCUT2D eigenvalue weighted by atomic mass is 32.2. The molecular formula is C14H20N2O6S. The highest BCUT2D eigenvalue weighted by molar-refractivity contribution is 7.90. The van der Waals surface area contributed by atoms with Crippen LogP contribution < -0.4 is 5.32 Å². The Morgan fingerprint density at radius 1 is 1.39 bits per heavy atom. The lowest BCUT2D eigenvalue weighted by Crippen LogP contribution is -2.32. The van der Waals surface area contributed by atoms with Crippen LogP contribution in [0, 0.1) is 16.0 Å². The average Bonchev–Trinajstić information content (AvgIpc) is 2.43. The molecule has 0 aliphatic carbocycles. The number of hydrogen-bond acceptors (Lipinski definition) is 7. The molecule has 1 rings (SSSR count). The third-order valence-electron chi connectivity index (χ3n) is 3.09. The summed E-state index contributed by atoms with van der Waals surface area (Å²) in [6, 6.07) is 2.97. The normalized spacial score (nSPS) is 12.7. The van der Waals surface area contributed by atoms with E-state index in [1.54, 1.807) is 0 Å². The zero-order chi connectivity index (χ0) is 17.8. The third-order valence-corrected chi connectivity index (χ3v) is 4.23. The van der Waals surface area contributed by atoms with Gasteiger partial charge in [0, 0.05) is 18.0 Å². The molecule has 23 heavy (non-hydrogen) atoms. The van der Waals surface area contributed by atoms with Gasteiger partial charge in [-0.1, -0.05) is 13.8 Å². The Bertz CT molecular complexity index is 699. The summed E-state index contributed by atoms with van der Waals surface area (Å²) in [6.07, 6.45) is 1.37. The van der Waals surface area contributed by atoms with Gasteiger partial charge in [-0.05, 0) is 24.5 Å². The van der Waals surface area contributed by atoms with Crippen molar-refractivity contribution < 1.29 is 22.9 Å². The van der Waals surface area contributed by atoms with Crippen molar-refractivity contribution in [1.29, 1.82) is 0 Å². The Kier molecular flexibility index (Phi) is 6.08. The number of nitro groups is 1. The summed E-state index contributed by atoms with van der Waals surface area (Å²) in [5.74, 6) is -0.301. The Balaban J connectivity index is 3.20. The number of nitrogens with one attached hydrogen (secondary N) is 1. The van der Waals surface area contributed by atoms with Crippen LogP contribution in [0.5, 0.6) is 0 Å². The van der Waals surface area contributed by atoms with Gasteiger partial charge < -0.3 is 10.1 Å². The van der Waals surface area contributed by atoms with Crippen molar-refractivity contribution in [2.75, 3.05) is 18.7 Å². The molecule has 1 N–H and O–H groups in total. The van der Waals surface area contributed by atoms with Gasteiger partial charge in [-0.15, -0.1) is 0 Å². The maximum absolute atomic E-state index is 11.8. The van der Waals surface area contributed by atoms with Crippen molar-refractivity contribution in [3.63, 3.8) is 0 Å². The fraction of sp³-hybridized carbons (Fsp3) is 0.500. The summed E-state index contributed by atoms with van der Waals surface area (Å²) in [5.41, 5.74) is -0.259. The zero-order valence-corrected chi connectivity index (χ0v) is 14.2. The van der Waals surface area contributed by atoms with Gasteiger partial charge in [0.1, 0.15) is 10.9 Å². The van der Waals surface area contributed by atoms with Gasteiger partial charge in [0.25, 0.3) is 5.69 Å². The standard InChI is InChI=1S/C14H20N2O6S/c1-9(2)7-11(14(17)22-3)15-10-5-6-13(23(4,20)21)12(8-10)16(18)19/h5-6,8-9,11,15H,7H2,1-4H3/t11-/m1/s1. The van der Waals surface area contributed by atoms with Gasteiger partial charge in [0.05, 0.1) is 12.0 Å². The molecule has 1 aromatic rings.